The average molecular weight is 480 g/mol. The standard InChI is InChI=1S/C26H19Cl2NO4/c1-2-14-33-21-13-12-19(28)15-20(21)29-23(16-8-10-18(27)11-9-16)22(25(31)26(29)32)24(30)17-6-4-3-5-7-17/h2-13,15,22-23H,1,14H2. The lowest BCUT2D eigenvalue weighted by Crippen LogP contribution is -2.31. The van der Waals surface area contributed by atoms with Gasteiger partial charge in [-0.3, -0.25) is 19.3 Å². The second-order valence-corrected chi connectivity index (χ2v) is 8.33. The van der Waals surface area contributed by atoms with E-state index in [1.165, 1.54) is 4.90 Å². The summed E-state index contributed by atoms with van der Waals surface area (Å²) >= 11 is 12.3. The largest absolute Gasteiger partial charge is 0.487 e. The second kappa shape index (κ2) is 9.61. The molecule has 1 amide bonds. The number of carbonyl (C=O) groups excluding carboxylic acids is 3. The minimum absolute atomic E-state index is 0.183. The second-order valence-electron chi connectivity index (χ2n) is 7.46. The van der Waals surface area contributed by atoms with Gasteiger partial charge >= 0.3 is 0 Å². The maximum atomic E-state index is 13.5. The smallest absolute Gasteiger partial charge is 0.295 e. The van der Waals surface area contributed by atoms with Crippen LogP contribution in [0.25, 0.3) is 0 Å². The van der Waals surface area contributed by atoms with Crippen LogP contribution in [0.3, 0.4) is 0 Å². The Bertz CT molecular complexity index is 1220. The van der Waals surface area contributed by atoms with Crippen LogP contribution in [0.1, 0.15) is 22.0 Å². The topological polar surface area (TPSA) is 63.7 Å². The van der Waals surface area contributed by atoms with Crippen LogP contribution in [0, 0.1) is 5.92 Å². The van der Waals surface area contributed by atoms with Crippen LogP contribution in [-0.2, 0) is 9.59 Å². The van der Waals surface area contributed by atoms with E-state index in [9.17, 15) is 14.4 Å². The number of ketones is 2. The molecule has 2 atom stereocenters. The lowest BCUT2D eigenvalue weighted by atomic mass is 9.86. The molecule has 1 aliphatic rings. The van der Waals surface area contributed by atoms with E-state index in [1.54, 1.807) is 78.9 Å². The van der Waals surface area contributed by atoms with Crippen LogP contribution >= 0.6 is 23.2 Å². The van der Waals surface area contributed by atoms with Gasteiger partial charge in [-0.15, -0.1) is 0 Å². The summed E-state index contributed by atoms with van der Waals surface area (Å²) in [6.07, 6.45) is 1.56. The van der Waals surface area contributed by atoms with Gasteiger partial charge in [-0.25, -0.2) is 0 Å². The number of carbonyl (C=O) groups is 3. The first-order chi connectivity index (χ1) is 15.9. The zero-order chi connectivity index (χ0) is 23.5. The summed E-state index contributed by atoms with van der Waals surface area (Å²) in [6, 6.07) is 19.0. The Kier molecular flexibility index (Phi) is 6.63. The highest BCUT2D eigenvalue weighted by Gasteiger charge is 2.53. The maximum absolute atomic E-state index is 13.5. The van der Waals surface area contributed by atoms with Crippen molar-refractivity contribution >= 4 is 46.4 Å². The van der Waals surface area contributed by atoms with Gasteiger partial charge in [0.15, 0.2) is 5.78 Å². The Hall–Kier alpha value is -3.41. The Morgan fingerprint density at radius 1 is 0.970 bits per heavy atom. The van der Waals surface area contributed by atoms with Crippen molar-refractivity contribution in [3.8, 4) is 5.75 Å². The molecule has 1 saturated heterocycles. The van der Waals surface area contributed by atoms with Crippen molar-refractivity contribution in [2.75, 3.05) is 11.5 Å². The molecule has 33 heavy (non-hydrogen) atoms. The Labute approximate surface area is 201 Å². The zero-order valence-corrected chi connectivity index (χ0v) is 18.9. The molecule has 1 heterocycles. The van der Waals surface area contributed by atoms with E-state index >= 15 is 0 Å². The molecule has 0 N–H and O–H groups in total. The first-order valence-electron chi connectivity index (χ1n) is 10.2. The Balaban J connectivity index is 1.89. The Morgan fingerprint density at radius 2 is 1.64 bits per heavy atom. The molecule has 1 aliphatic heterocycles. The van der Waals surface area contributed by atoms with Gasteiger partial charge in [0.1, 0.15) is 18.3 Å². The number of benzene rings is 3. The minimum atomic E-state index is -1.24. The summed E-state index contributed by atoms with van der Waals surface area (Å²) in [7, 11) is 0. The quantitative estimate of drug-likeness (QED) is 0.188. The van der Waals surface area contributed by atoms with Gasteiger partial charge < -0.3 is 4.74 Å². The third-order valence-electron chi connectivity index (χ3n) is 5.40. The van der Waals surface area contributed by atoms with Crippen molar-refractivity contribution in [3.63, 3.8) is 0 Å². The predicted octanol–water partition coefficient (Wildman–Crippen LogP) is 5.71. The first-order valence-corrected chi connectivity index (χ1v) is 10.9. The summed E-state index contributed by atoms with van der Waals surface area (Å²) in [6.45, 7) is 3.83. The molecule has 5 nitrogen and oxygen atoms in total. The van der Waals surface area contributed by atoms with E-state index in [0.717, 1.165) is 0 Å². The lowest BCUT2D eigenvalue weighted by molar-refractivity contribution is -0.135. The van der Waals surface area contributed by atoms with Crippen LogP contribution in [-0.4, -0.2) is 24.1 Å². The number of halogens is 2. The first kappa shape index (κ1) is 22.8. The molecule has 7 heteroatoms. The van der Waals surface area contributed by atoms with Crippen LogP contribution in [0.15, 0.2) is 85.5 Å². The highest BCUT2D eigenvalue weighted by atomic mass is 35.5. The van der Waals surface area contributed by atoms with Crippen LogP contribution in [0.5, 0.6) is 5.75 Å². The Morgan fingerprint density at radius 3 is 2.30 bits per heavy atom. The molecular weight excluding hydrogens is 461 g/mol. The van der Waals surface area contributed by atoms with Crippen molar-refractivity contribution in [2.24, 2.45) is 5.92 Å². The summed E-state index contributed by atoms with van der Waals surface area (Å²) in [4.78, 5) is 41.3. The molecule has 166 valence electrons. The molecule has 0 aliphatic carbocycles. The average Bonchev–Trinajstić information content (AvgIpc) is 3.09. The number of hydrogen-bond donors (Lipinski definition) is 0. The predicted molar refractivity (Wildman–Crippen MR) is 128 cm³/mol. The number of amides is 1. The number of rotatable bonds is 7. The van der Waals surface area contributed by atoms with Gasteiger partial charge in [0.05, 0.1) is 11.7 Å². The molecular formula is C26H19Cl2NO4. The van der Waals surface area contributed by atoms with E-state index in [-0.39, 0.29) is 6.61 Å². The summed E-state index contributed by atoms with van der Waals surface area (Å²) in [5.74, 6) is -2.94. The summed E-state index contributed by atoms with van der Waals surface area (Å²) in [5, 5.41) is 0.841. The highest BCUT2D eigenvalue weighted by molar-refractivity contribution is 6.49. The highest BCUT2D eigenvalue weighted by Crippen LogP contribution is 2.45. The molecule has 1 fully saturated rings. The van der Waals surface area contributed by atoms with E-state index in [0.29, 0.717) is 32.6 Å². The molecule has 3 aromatic carbocycles. The molecule has 3 aromatic rings. The lowest BCUT2D eigenvalue weighted by Gasteiger charge is -2.29. The maximum Gasteiger partial charge on any atom is 0.295 e. The van der Waals surface area contributed by atoms with Gasteiger partial charge in [0.2, 0.25) is 5.78 Å². The van der Waals surface area contributed by atoms with Crippen molar-refractivity contribution < 1.29 is 19.1 Å². The van der Waals surface area contributed by atoms with Crippen molar-refractivity contribution in [2.45, 2.75) is 6.04 Å². The molecule has 0 aromatic heterocycles. The van der Waals surface area contributed by atoms with E-state index in [2.05, 4.69) is 6.58 Å². The third-order valence-corrected chi connectivity index (χ3v) is 5.88. The molecule has 0 bridgehead atoms. The molecule has 0 radical (unpaired) electrons. The monoisotopic (exact) mass is 479 g/mol. The van der Waals surface area contributed by atoms with Crippen molar-refractivity contribution in [1.82, 2.24) is 0 Å². The van der Waals surface area contributed by atoms with Crippen LogP contribution < -0.4 is 9.64 Å². The number of hydrogen-bond acceptors (Lipinski definition) is 4. The van der Waals surface area contributed by atoms with Crippen LogP contribution in [0.2, 0.25) is 10.0 Å². The SMILES string of the molecule is C=CCOc1ccc(Cl)cc1N1C(=O)C(=O)C(C(=O)c2ccccc2)C1c1ccc(Cl)cc1. The molecule has 0 spiro atoms. The summed E-state index contributed by atoms with van der Waals surface area (Å²) in [5.41, 5.74) is 1.23. The summed E-state index contributed by atoms with van der Waals surface area (Å²) < 4.78 is 5.73. The zero-order valence-electron chi connectivity index (χ0n) is 17.4. The number of nitrogens with zero attached hydrogens (tertiary/aromatic N) is 1. The fraction of sp³-hybridized carbons (Fsp3) is 0.115. The molecule has 4 rings (SSSR count). The fourth-order valence-corrected chi connectivity index (χ4v) is 4.22. The van der Waals surface area contributed by atoms with Gasteiger partial charge in [-0.05, 0) is 35.9 Å². The van der Waals surface area contributed by atoms with Crippen molar-refractivity contribution in [3.05, 3.63) is 107 Å². The number of ether oxygens (including phenoxy) is 1. The third kappa shape index (κ3) is 4.42. The van der Waals surface area contributed by atoms with Crippen molar-refractivity contribution in [1.29, 1.82) is 0 Å². The number of anilines is 1. The van der Waals surface area contributed by atoms with Gasteiger partial charge in [0.25, 0.3) is 5.91 Å². The molecule has 2 unspecified atom stereocenters. The van der Waals surface area contributed by atoms with Gasteiger partial charge in [-0.1, -0.05) is 78.3 Å². The van der Waals surface area contributed by atoms with E-state index in [4.69, 9.17) is 27.9 Å². The van der Waals surface area contributed by atoms with E-state index < -0.39 is 29.4 Å². The van der Waals surface area contributed by atoms with E-state index in [1.807, 2.05) is 0 Å². The van der Waals surface area contributed by atoms with Crippen LogP contribution in [0.4, 0.5) is 5.69 Å². The van der Waals surface area contributed by atoms with Gasteiger partial charge in [-0.2, -0.15) is 0 Å². The normalized spacial score (nSPS) is 17.8. The number of Topliss-reactive ketones (excluding diaryl/α,β-unsaturated/α-hetero) is 2. The molecule has 0 saturated carbocycles. The minimum Gasteiger partial charge on any atom is -0.487 e. The fourth-order valence-electron chi connectivity index (χ4n) is 3.93. The van der Waals surface area contributed by atoms with Gasteiger partial charge in [0, 0.05) is 15.6 Å².